The molecule has 17 heavy (non-hydrogen) atoms. The smallest absolute Gasteiger partial charge is 0.137 e. The van der Waals surface area contributed by atoms with Gasteiger partial charge in [0.15, 0.2) is 0 Å². The maximum absolute atomic E-state index is 5.97. The summed E-state index contributed by atoms with van der Waals surface area (Å²) in [5, 5.41) is 3.91. The molecule has 5 heteroatoms. The molecule has 0 aliphatic heterocycles. The van der Waals surface area contributed by atoms with E-state index in [0.717, 1.165) is 30.8 Å². The summed E-state index contributed by atoms with van der Waals surface area (Å²) in [6.07, 6.45) is 5.93. The maximum Gasteiger partial charge on any atom is 0.137 e. The SMILES string of the molecule is CCC(CC)(CNc1ncnc(Cl)c1C)SC. The van der Waals surface area contributed by atoms with Gasteiger partial charge in [-0.15, -0.1) is 0 Å². The number of thioether (sulfide) groups is 1. The van der Waals surface area contributed by atoms with Gasteiger partial charge in [-0.2, -0.15) is 11.8 Å². The molecular formula is C12H20ClN3S. The molecule has 0 aliphatic rings. The zero-order valence-electron chi connectivity index (χ0n) is 10.9. The highest BCUT2D eigenvalue weighted by Gasteiger charge is 2.24. The molecule has 0 fully saturated rings. The fraction of sp³-hybridized carbons (Fsp3) is 0.667. The first kappa shape index (κ1) is 14.6. The summed E-state index contributed by atoms with van der Waals surface area (Å²) in [7, 11) is 0. The van der Waals surface area contributed by atoms with Gasteiger partial charge in [-0.25, -0.2) is 9.97 Å². The molecule has 0 atom stereocenters. The number of aromatic nitrogens is 2. The molecule has 0 aromatic carbocycles. The normalized spacial score (nSPS) is 11.6. The molecule has 0 spiro atoms. The molecule has 0 saturated carbocycles. The summed E-state index contributed by atoms with van der Waals surface area (Å²) < 4.78 is 0.268. The van der Waals surface area contributed by atoms with Crippen LogP contribution in [0.4, 0.5) is 5.82 Å². The standard InChI is InChI=1S/C12H20ClN3S/c1-5-12(6-2,17-4)7-14-11-9(3)10(13)15-8-16-11/h8H,5-7H2,1-4H3,(H,14,15,16). The number of nitrogens with zero attached hydrogens (tertiary/aromatic N) is 2. The van der Waals surface area contributed by atoms with Crippen molar-refractivity contribution in [3.8, 4) is 0 Å². The van der Waals surface area contributed by atoms with Crippen molar-refractivity contribution in [3.63, 3.8) is 0 Å². The first-order valence-electron chi connectivity index (χ1n) is 5.84. The Labute approximate surface area is 113 Å². The molecule has 0 bridgehead atoms. The highest BCUT2D eigenvalue weighted by molar-refractivity contribution is 8.00. The Morgan fingerprint density at radius 1 is 1.35 bits per heavy atom. The van der Waals surface area contributed by atoms with Crippen LogP contribution >= 0.6 is 23.4 Å². The van der Waals surface area contributed by atoms with Crippen molar-refractivity contribution in [1.82, 2.24) is 9.97 Å². The van der Waals surface area contributed by atoms with Crippen LogP contribution in [0.3, 0.4) is 0 Å². The quantitative estimate of drug-likeness (QED) is 0.801. The number of hydrogen-bond acceptors (Lipinski definition) is 4. The Hall–Kier alpha value is -0.480. The topological polar surface area (TPSA) is 37.8 Å². The predicted molar refractivity (Wildman–Crippen MR) is 77.1 cm³/mol. The molecule has 0 aliphatic carbocycles. The van der Waals surface area contributed by atoms with Gasteiger partial charge in [-0.1, -0.05) is 25.4 Å². The van der Waals surface area contributed by atoms with E-state index in [1.54, 1.807) is 0 Å². The molecule has 0 amide bonds. The lowest BCUT2D eigenvalue weighted by atomic mass is 10.0. The molecule has 0 unspecified atom stereocenters. The lowest BCUT2D eigenvalue weighted by Crippen LogP contribution is -2.32. The van der Waals surface area contributed by atoms with Crippen molar-refractivity contribution in [2.75, 3.05) is 18.1 Å². The second-order valence-corrected chi connectivity index (χ2v) is 5.72. The molecule has 1 aromatic rings. The Balaban J connectivity index is 2.75. The monoisotopic (exact) mass is 273 g/mol. The lowest BCUT2D eigenvalue weighted by molar-refractivity contribution is 0.573. The van der Waals surface area contributed by atoms with Crippen LogP contribution in [-0.4, -0.2) is 27.5 Å². The van der Waals surface area contributed by atoms with E-state index in [-0.39, 0.29) is 4.75 Å². The number of anilines is 1. The lowest BCUT2D eigenvalue weighted by Gasteiger charge is -2.30. The van der Waals surface area contributed by atoms with Crippen molar-refractivity contribution >= 4 is 29.2 Å². The molecule has 1 N–H and O–H groups in total. The fourth-order valence-corrected chi connectivity index (χ4v) is 2.64. The average molecular weight is 274 g/mol. The Bertz CT molecular complexity index is 359. The molecule has 1 heterocycles. The van der Waals surface area contributed by atoms with E-state index >= 15 is 0 Å². The molecule has 0 saturated heterocycles. The molecule has 1 rings (SSSR count). The molecule has 96 valence electrons. The number of nitrogens with one attached hydrogen (secondary N) is 1. The highest BCUT2D eigenvalue weighted by atomic mass is 35.5. The van der Waals surface area contributed by atoms with E-state index in [4.69, 9.17) is 11.6 Å². The van der Waals surface area contributed by atoms with Crippen LogP contribution in [0.15, 0.2) is 6.33 Å². The van der Waals surface area contributed by atoms with Crippen LogP contribution in [0, 0.1) is 6.92 Å². The first-order valence-corrected chi connectivity index (χ1v) is 7.45. The van der Waals surface area contributed by atoms with Gasteiger partial charge in [0.1, 0.15) is 17.3 Å². The van der Waals surface area contributed by atoms with Crippen molar-refractivity contribution < 1.29 is 0 Å². The van der Waals surface area contributed by atoms with Gasteiger partial charge < -0.3 is 5.32 Å². The van der Waals surface area contributed by atoms with Gasteiger partial charge in [0.25, 0.3) is 0 Å². The van der Waals surface area contributed by atoms with Gasteiger partial charge in [0, 0.05) is 16.9 Å². The van der Waals surface area contributed by atoms with Crippen LogP contribution in [0.2, 0.25) is 5.15 Å². The van der Waals surface area contributed by atoms with Gasteiger partial charge in [-0.05, 0) is 26.0 Å². The minimum Gasteiger partial charge on any atom is -0.368 e. The van der Waals surface area contributed by atoms with Gasteiger partial charge in [0.05, 0.1) is 0 Å². The molecule has 1 aromatic heterocycles. The Kier molecular flexibility index (Phi) is 5.53. The van der Waals surface area contributed by atoms with Gasteiger partial charge >= 0.3 is 0 Å². The summed E-state index contributed by atoms with van der Waals surface area (Å²) in [4.78, 5) is 8.18. The van der Waals surface area contributed by atoms with Crippen LogP contribution in [0.1, 0.15) is 32.3 Å². The Morgan fingerprint density at radius 3 is 2.53 bits per heavy atom. The van der Waals surface area contributed by atoms with Gasteiger partial charge in [0.2, 0.25) is 0 Å². The summed E-state index contributed by atoms with van der Waals surface area (Å²) in [6.45, 7) is 7.28. The second kappa shape index (κ2) is 6.45. The van der Waals surface area contributed by atoms with Crippen molar-refractivity contribution in [1.29, 1.82) is 0 Å². The molecular weight excluding hydrogens is 254 g/mol. The number of hydrogen-bond donors (Lipinski definition) is 1. The van der Waals surface area contributed by atoms with Crippen LogP contribution in [-0.2, 0) is 0 Å². The second-order valence-electron chi connectivity index (χ2n) is 4.09. The number of halogens is 1. The average Bonchev–Trinajstić information content (AvgIpc) is 2.36. The third-order valence-electron chi connectivity index (χ3n) is 3.32. The summed E-state index contributed by atoms with van der Waals surface area (Å²) in [5.74, 6) is 0.838. The zero-order valence-corrected chi connectivity index (χ0v) is 12.5. The van der Waals surface area contributed by atoms with E-state index in [2.05, 4.69) is 35.4 Å². The number of rotatable bonds is 6. The summed E-state index contributed by atoms with van der Waals surface area (Å²) in [6, 6.07) is 0. The maximum atomic E-state index is 5.97. The zero-order chi connectivity index (χ0) is 12.9. The first-order chi connectivity index (χ1) is 8.08. The molecule has 0 radical (unpaired) electrons. The molecule has 3 nitrogen and oxygen atoms in total. The third kappa shape index (κ3) is 3.49. The van der Waals surface area contributed by atoms with Crippen LogP contribution in [0.25, 0.3) is 0 Å². The van der Waals surface area contributed by atoms with Crippen molar-refractivity contribution in [3.05, 3.63) is 17.0 Å². The predicted octanol–water partition coefficient (Wildman–Crippen LogP) is 3.77. The van der Waals surface area contributed by atoms with Crippen LogP contribution < -0.4 is 5.32 Å². The van der Waals surface area contributed by atoms with E-state index in [9.17, 15) is 0 Å². The fourth-order valence-electron chi connectivity index (χ4n) is 1.71. The van der Waals surface area contributed by atoms with Gasteiger partial charge in [-0.3, -0.25) is 0 Å². The minimum absolute atomic E-state index is 0.268. The van der Waals surface area contributed by atoms with Crippen molar-refractivity contribution in [2.45, 2.75) is 38.4 Å². The van der Waals surface area contributed by atoms with E-state index in [0.29, 0.717) is 5.15 Å². The summed E-state index contributed by atoms with van der Waals surface area (Å²) in [5.41, 5.74) is 0.913. The largest absolute Gasteiger partial charge is 0.368 e. The highest BCUT2D eigenvalue weighted by Crippen LogP contribution is 2.31. The van der Waals surface area contributed by atoms with Crippen LogP contribution in [0.5, 0.6) is 0 Å². The van der Waals surface area contributed by atoms with E-state index in [1.807, 2.05) is 18.7 Å². The third-order valence-corrected chi connectivity index (χ3v) is 5.29. The van der Waals surface area contributed by atoms with Crippen molar-refractivity contribution in [2.24, 2.45) is 0 Å². The minimum atomic E-state index is 0.268. The van der Waals surface area contributed by atoms with E-state index in [1.165, 1.54) is 6.33 Å². The van der Waals surface area contributed by atoms with E-state index < -0.39 is 0 Å². The summed E-state index contributed by atoms with van der Waals surface area (Å²) >= 11 is 7.88. The Morgan fingerprint density at radius 2 is 2.00 bits per heavy atom.